The minimum absolute atomic E-state index is 0.0114. The third kappa shape index (κ3) is 2.67. The number of aromatic nitrogens is 1. The number of Topliss-reactive ketones (excluding diaryl/α,β-unsaturated/α-hetero) is 1. The number of carbonyl (C=O) groups is 1. The number of hydrogen-bond acceptors (Lipinski definition) is 5. The second-order valence-electron chi connectivity index (χ2n) is 6.92. The van der Waals surface area contributed by atoms with Crippen molar-refractivity contribution in [1.29, 1.82) is 0 Å². The van der Waals surface area contributed by atoms with E-state index in [0.29, 0.717) is 11.1 Å². The standard InChI is InChI=1S/C23H19N3O2/c1-28-18-8-9-20-16(13-18)12-17-14-19(21(27)15-6-3-2-4-7-15)23-24-10-5-11-26(23)22(17)25-20/h2-4,6-9,12-14H,5,10-11H2,1H3. The van der Waals surface area contributed by atoms with Gasteiger partial charge in [0.15, 0.2) is 5.78 Å². The summed E-state index contributed by atoms with van der Waals surface area (Å²) in [6.45, 7) is 1.53. The number of ketones is 1. The van der Waals surface area contributed by atoms with E-state index < -0.39 is 0 Å². The smallest absolute Gasteiger partial charge is 0.196 e. The van der Waals surface area contributed by atoms with Crippen LogP contribution in [0.1, 0.15) is 22.3 Å². The van der Waals surface area contributed by atoms with Crippen molar-refractivity contribution < 1.29 is 9.53 Å². The number of pyridine rings is 1. The van der Waals surface area contributed by atoms with Gasteiger partial charge < -0.3 is 9.64 Å². The fraction of sp³-hybridized carbons (Fsp3) is 0.174. The van der Waals surface area contributed by atoms with Crippen LogP contribution < -0.4 is 9.64 Å². The lowest BCUT2D eigenvalue weighted by Gasteiger charge is -2.33. The van der Waals surface area contributed by atoms with Gasteiger partial charge in [0, 0.05) is 29.6 Å². The molecule has 2 aliphatic heterocycles. The predicted molar refractivity (Wildman–Crippen MR) is 111 cm³/mol. The van der Waals surface area contributed by atoms with Crippen molar-refractivity contribution in [1.82, 2.24) is 4.98 Å². The zero-order valence-corrected chi connectivity index (χ0v) is 15.6. The van der Waals surface area contributed by atoms with E-state index in [-0.39, 0.29) is 5.78 Å². The number of benzene rings is 2. The fourth-order valence-electron chi connectivity index (χ4n) is 3.78. The van der Waals surface area contributed by atoms with Crippen LogP contribution >= 0.6 is 0 Å². The molecule has 0 amide bonds. The molecule has 0 saturated heterocycles. The maximum absolute atomic E-state index is 13.2. The number of aliphatic imine (C=N–C) groups is 1. The SMILES string of the molecule is COc1ccc2nc3c(cc2c1)C=C(C(=O)c1ccccc1)C1=NCCCN13. The predicted octanol–water partition coefficient (Wildman–Crippen LogP) is 4.13. The Morgan fingerprint density at radius 2 is 1.96 bits per heavy atom. The van der Waals surface area contributed by atoms with Crippen LogP contribution in [-0.4, -0.2) is 36.8 Å². The second kappa shape index (κ2) is 6.60. The van der Waals surface area contributed by atoms with Crippen molar-refractivity contribution in [2.45, 2.75) is 6.42 Å². The zero-order chi connectivity index (χ0) is 19.1. The van der Waals surface area contributed by atoms with E-state index in [9.17, 15) is 4.79 Å². The van der Waals surface area contributed by atoms with Gasteiger partial charge in [-0.05, 0) is 36.8 Å². The molecular weight excluding hydrogens is 350 g/mol. The molecule has 28 heavy (non-hydrogen) atoms. The maximum Gasteiger partial charge on any atom is 0.196 e. The first-order valence-electron chi connectivity index (χ1n) is 9.37. The molecule has 3 aromatic rings. The average molecular weight is 369 g/mol. The fourth-order valence-corrected chi connectivity index (χ4v) is 3.78. The summed E-state index contributed by atoms with van der Waals surface area (Å²) in [4.78, 5) is 24.8. The highest BCUT2D eigenvalue weighted by atomic mass is 16.5. The molecular formula is C23H19N3O2. The van der Waals surface area contributed by atoms with Crippen LogP contribution in [0.25, 0.3) is 17.0 Å². The highest BCUT2D eigenvalue weighted by Crippen LogP contribution is 2.34. The lowest BCUT2D eigenvalue weighted by molar-refractivity contribution is 0.104. The highest BCUT2D eigenvalue weighted by Gasteiger charge is 2.31. The summed E-state index contributed by atoms with van der Waals surface area (Å²) in [7, 11) is 1.65. The summed E-state index contributed by atoms with van der Waals surface area (Å²) < 4.78 is 5.34. The third-order valence-electron chi connectivity index (χ3n) is 5.16. The van der Waals surface area contributed by atoms with Crippen LogP contribution in [0.5, 0.6) is 5.75 Å². The number of fused-ring (bicyclic) bond motifs is 4. The van der Waals surface area contributed by atoms with Gasteiger partial charge in [-0.25, -0.2) is 4.98 Å². The van der Waals surface area contributed by atoms with Gasteiger partial charge in [0.2, 0.25) is 0 Å². The van der Waals surface area contributed by atoms with Crippen molar-refractivity contribution in [2.75, 3.05) is 25.1 Å². The molecule has 0 fully saturated rings. The summed E-state index contributed by atoms with van der Waals surface area (Å²) in [5.41, 5.74) is 3.12. The monoisotopic (exact) mass is 369 g/mol. The van der Waals surface area contributed by atoms with Gasteiger partial charge in [-0.2, -0.15) is 0 Å². The zero-order valence-electron chi connectivity index (χ0n) is 15.6. The molecule has 5 nitrogen and oxygen atoms in total. The van der Waals surface area contributed by atoms with Gasteiger partial charge in [-0.15, -0.1) is 0 Å². The topological polar surface area (TPSA) is 54.8 Å². The van der Waals surface area contributed by atoms with Gasteiger partial charge in [0.1, 0.15) is 17.4 Å². The Morgan fingerprint density at radius 1 is 1.11 bits per heavy atom. The van der Waals surface area contributed by atoms with Crippen molar-refractivity contribution in [2.24, 2.45) is 4.99 Å². The molecule has 0 spiro atoms. The van der Waals surface area contributed by atoms with E-state index in [0.717, 1.165) is 53.4 Å². The van der Waals surface area contributed by atoms with Crippen LogP contribution in [0.4, 0.5) is 5.82 Å². The van der Waals surface area contributed by atoms with Crippen LogP contribution in [-0.2, 0) is 0 Å². The van der Waals surface area contributed by atoms with Gasteiger partial charge in [-0.1, -0.05) is 30.3 Å². The van der Waals surface area contributed by atoms with Crippen molar-refractivity contribution >= 4 is 34.4 Å². The lowest BCUT2D eigenvalue weighted by Crippen LogP contribution is -2.41. The Morgan fingerprint density at radius 3 is 2.79 bits per heavy atom. The van der Waals surface area contributed by atoms with E-state index in [2.05, 4.69) is 16.0 Å². The molecule has 0 aliphatic carbocycles. The van der Waals surface area contributed by atoms with Gasteiger partial charge >= 0.3 is 0 Å². The van der Waals surface area contributed by atoms with E-state index in [1.807, 2.05) is 54.6 Å². The van der Waals surface area contributed by atoms with Crippen molar-refractivity contribution in [3.8, 4) is 5.75 Å². The molecule has 0 atom stereocenters. The Hall–Kier alpha value is -3.47. The molecule has 5 rings (SSSR count). The first kappa shape index (κ1) is 16.7. The molecule has 0 saturated carbocycles. The van der Waals surface area contributed by atoms with Crippen LogP contribution in [0.15, 0.2) is 65.2 Å². The van der Waals surface area contributed by atoms with Crippen molar-refractivity contribution in [3.05, 3.63) is 71.3 Å². The molecule has 0 N–H and O–H groups in total. The van der Waals surface area contributed by atoms with Crippen LogP contribution in [0.2, 0.25) is 0 Å². The van der Waals surface area contributed by atoms with E-state index in [4.69, 9.17) is 9.72 Å². The Labute approximate surface area is 163 Å². The molecule has 0 radical (unpaired) electrons. The summed E-state index contributed by atoms with van der Waals surface area (Å²) in [6, 6.07) is 17.3. The summed E-state index contributed by atoms with van der Waals surface area (Å²) >= 11 is 0. The minimum atomic E-state index is -0.0114. The van der Waals surface area contributed by atoms with Gasteiger partial charge in [-0.3, -0.25) is 9.79 Å². The number of nitrogens with zero attached hydrogens (tertiary/aromatic N) is 3. The number of hydrogen-bond donors (Lipinski definition) is 0. The van der Waals surface area contributed by atoms with Crippen molar-refractivity contribution in [3.63, 3.8) is 0 Å². The molecule has 2 aliphatic rings. The Kier molecular flexibility index (Phi) is 3.93. The van der Waals surface area contributed by atoms with E-state index in [1.165, 1.54) is 0 Å². The summed E-state index contributed by atoms with van der Waals surface area (Å²) in [6.07, 6.45) is 2.87. The number of anilines is 1. The minimum Gasteiger partial charge on any atom is -0.497 e. The first-order valence-corrected chi connectivity index (χ1v) is 9.37. The van der Waals surface area contributed by atoms with Gasteiger partial charge in [0.05, 0.1) is 18.2 Å². The van der Waals surface area contributed by atoms with Crippen LogP contribution in [0, 0.1) is 0 Å². The summed E-state index contributed by atoms with van der Waals surface area (Å²) in [5, 5.41) is 0.984. The Balaban J connectivity index is 1.70. The molecule has 0 unspecified atom stereocenters. The number of amidine groups is 1. The second-order valence-corrected chi connectivity index (χ2v) is 6.92. The first-order chi connectivity index (χ1) is 13.7. The summed E-state index contributed by atoms with van der Waals surface area (Å²) in [5.74, 6) is 2.37. The number of rotatable bonds is 3. The van der Waals surface area contributed by atoms with E-state index >= 15 is 0 Å². The van der Waals surface area contributed by atoms with Gasteiger partial charge in [0.25, 0.3) is 0 Å². The maximum atomic E-state index is 13.2. The largest absolute Gasteiger partial charge is 0.497 e. The number of methoxy groups -OCH3 is 1. The molecule has 5 heteroatoms. The number of ether oxygens (including phenoxy) is 1. The molecule has 0 bridgehead atoms. The molecule has 138 valence electrons. The molecule has 3 heterocycles. The number of carbonyl (C=O) groups excluding carboxylic acids is 1. The highest BCUT2D eigenvalue weighted by molar-refractivity contribution is 6.35. The third-order valence-corrected chi connectivity index (χ3v) is 5.16. The quantitative estimate of drug-likeness (QED) is 0.652. The normalized spacial score (nSPS) is 15.4. The molecule has 2 aromatic carbocycles. The Bertz CT molecular complexity index is 1150. The lowest BCUT2D eigenvalue weighted by atomic mass is 9.95. The molecule has 1 aromatic heterocycles. The van der Waals surface area contributed by atoms with Crippen LogP contribution in [0.3, 0.4) is 0 Å². The average Bonchev–Trinajstić information content (AvgIpc) is 2.77. The van der Waals surface area contributed by atoms with E-state index in [1.54, 1.807) is 7.11 Å².